The monoisotopic (exact) mass is 144 g/mol. The Bertz CT molecular complexity index is 79.7. The molecule has 10 heavy (non-hydrogen) atoms. The van der Waals surface area contributed by atoms with Crippen molar-refractivity contribution in [3.8, 4) is 0 Å². The Morgan fingerprint density at radius 1 is 1.50 bits per heavy atom. The third-order valence-electron chi connectivity index (χ3n) is 1.32. The standard InChI is InChI=1S/C7H16N2O/c1-2-4-9(5-3-8)6-7-10/h7H,2-6,8H2,1H3. The van der Waals surface area contributed by atoms with Gasteiger partial charge in [0.2, 0.25) is 0 Å². The molecule has 0 heterocycles. The molecular weight excluding hydrogens is 128 g/mol. The summed E-state index contributed by atoms with van der Waals surface area (Å²) < 4.78 is 0. The lowest BCUT2D eigenvalue weighted by Crippen LogP contribution is -2.31. The van der Waals surface area contributed by atoms with Crippen molar-refractivity contribution in [2.45, 2.75) is 13.3 Å². The van der Waals surface area contributed by atoms with Crippen LogP contribution in [0.1, 0.15) is 13.3 Å². The van der Waals surface area contributed by atoms with Crippen molar-refractivity contribution in [2.75, 3.05) is 26.2 Å². The minimum absolute atomic E-state index is 0.519. The smallest absolute Gasteiger partial charge is 0.133 e. The van der Waals surface area contributed by atoms with E-state index in [0.29, 0.717) is 13.1 Å². The predicted octanol–water partition coefficient (Wildman–Crippen LogP) is -0.144. The number of aldehydes is 1. The quantitative estimate of drug-likeness (QED) is 0.528. The second-order valence-corrected chi connectivity index (χ2v) is 2.26. The van der Waals surface area contributed by atoms with Crippen LogP contribution in [0.3, 0.4) is 0 Å². The van der Waals surface area contributed by atoms with Crippen LogP contribution in [0.5, 0.6) is 0 Å². The van der Waals surface area contributed by atoms with Crippen molar-refractivity contribution >= 4 is 6.29 Å². The van der Waals surface area contributed by atoms with E-state index in [1.807, 2.05) is 4.90 Å². The van der Waals surface area contributed by atoms with E-state index < -0.39 is 0 Å². The van der Waals surface area contributed by atoms with Gasteiger partial charge in [-0.15, -0.1) is 0 Å². The highest BCUT2D eigenvalue weighted by molar-refractivity contribution is 5.51. The topological polar surface area (TPSA) is 46.3 Å². The molecule has 0 aromatic carbocycles. The van der Waals surface area contributed by atoms with Crippen LogP contribution in [0.2, 0.25) is 0 Å². The van der Waals surface area contributed by atoms with Crippen LogP contribution in [0.4, 0.5) is 0 Å². The van der Waals surface area contributed by atoms with Gasteiger partial charge < -0.3 is 10.5 Å². The summed E-state index contributed by atoms with van der Waals surface area (Å²) in [5.41, 5.74) is 5.33. The highest BCUT2D eigenvalue weighted by Gasteiger charge is 1.98. The lowest BCUT2D eigenvalue weighted by molar-refractivity contribution is -0.108. The zero-order chi connectivity index (χ0) is 7.82. The van der Waals surface area contributed by atoms with Crippen LogP contribution >= 0.6 is 0 Å². The van der Waals surface area contributed by atoms with E-state index in [-0.39, 0.29) is 0 Å². The van der Waals surface area contributed by atoms with Gasteiger partial charge in [-0.3, -0.25) is 4.90 Å². The molecule has 0 fully saturated rings. The van der Waals surface area contributed by atoms with Gasteiger partial charge in [-0.25, -0.2) is 0 Å². The lowest BCUT2D eigenvalue weighted by atomic mass is 10.4. The predicted molar refractivity (Wildman–Crippen MR) is 41.8 cm³/mol. The third kappa shape index (κ3) is 4.47. The molecule has 0 aromatic heterocycles. The average Bonchev–Trinajstić information content (AvgIpc) is 1.90. The minimum Gasteiger partial charge on any atom is -0.329 e. The fourth-order valence-corrected chi connectivity index (χ4v) is 0.899. The van der Waals surface area contributed by atoms with Crippen LogP contribution in [0.25, 0.3) is 0 Å². The van der Waals surface area contributed by atoms with Crippen LogP contribution in [-0.4, -0.2) is 37.4 Å². The molecule has 0 unspecified atom stereocenters. The largest absolute Gasteiger partial charge is 0.329 e. The Morgan fingerprint density at radius 3 is 2.60 bits per heavy atom. The minimum atomic E-state index is 0.519. The van der Waals surface area contributed by atoms with E-state index in [4.69, 9.17) is 5.73 Å². The molecule has 3 heteroatoms. The molecule has 60 valence electrons. The fourth-order valence-electron chi connectivity index (χ4n) is 0.899. The summed E-state index contributed by atoms with van der Waals surface area (Å²) in [6.45, 7) is 5.04. The van der Waals surface area contributed by atoms with E-state index >= 15 is 0 Å². The van der Waals surface area contributed by atoms with Crippen LogP contribution in [0.15, 0.2) is 0 Å². The highest BCUT2D eigenvalue weighted by Crippen LogP contribution is 1.86. The van der Waals surface area contributed by atoms with E-state index in [1.165, 1.54) is 0 Å². The Morgan fingerprint density at radius 2 is 2.20 bits per heavy atom. The zero-order valence-corrected chi connectivity index (χ0v) is 6.55. The van der Waals surface area contributed by atoms with Gasteiger partial charge in [-0.2, -0.15) is 0 Å². The lowest BCUT2D eigenvalue weighted by Gasteiger charge is -2.16. The van der Waals surface area contributed by atoms with E-state index in [2.05, 4.69) is 6.92 Å². The van der Waals surface area contributed by atoms with Crippen LogP contribution < -0.4 is 5.73 Å². The van der Waals surface area contributed by atoms with Gasteiger partial charge in [0.25, 0.3) is 0 Å². The molecule has 0 radical (unpaired) electrons. The Hall–Kier alpha value is -0.410. The SMILES string of the molecule is CCCN(CC=O)CCN. The average molecular weight is 144 g/mol. The summed E-state index contributed by atoms with van der Waals surface area (Å²) in [5, 5.41) is 0. The third-order valence-corrected chi connectivity index (χ3v) is 1.32. The molecule has 2 N–H and O–H groups in total. The summed E-state index contributed by atoms with van der Waals surface area (Å²) in [7, 11) is 0. The maximum Gasteiger partial charge on any atom is 0.133 e. The highest BCUT2D eigenvalue weighted by atomic mass is 16.1. The van der Waals surface area contributed by atoms with E-state index in [0.717, 1.165) is 25.8 Å². The summed E-state index contributed by atoms with van der Waals surface area (Å²) in [6.07, 6.45) is 2.00. The maximum absolute atomic E-state index is 10.1. The Kier molecular flexibility index (Phi) is 6.43. The van der Waals surface area contributed by atoms with E-state index in [9.17, 15) is 4.79 Å². The zero-order valence-electron chi connectivity index (χ0n) is 6.55. The summed E-state index contributed by atoms with van der Waals surface area (Å²) in [4.78, 5) is 12.1. The molecule has 0 spiro atoms. The molecular formula is C7H16N2O. The molecule has 0 aromatic rings. The Balaban J connectivity index is 3.38. The van der Waals surface area contributed by atoms with Crippen molar-refractivity contribution in [3.05, 3.63) is 0 Å². The van der Waals surface area contributed by atoms with Crippen LogP contribution in [-0.2, 0) is 4.79 Å². The van der Waals surface area contributed by atoms with Gasteiger partial charge in [0.1, 0.15) is 6.29 Å². The number of carbonyl (C=O) groups is 1. The van der Waals surface area contributed by atoms with Crippen molar-refractivity contribution in [2.24, 2.45) is 5.73 Å². The second-order valence-electron chi connectivity index (χ2n) is 2.26. The number of nitrogens with two attached hydrogens (primary N) is 1. The van der Waals surface area contributed by atoms with Gasteiger partial charge in [0.05, 0.1) is 6.54 Å². The summed E-state index contributed by atoms with van der Waals surface area (Å²) in [5.74, 6) is 0. The van der Waals surface area contributed by atoms with Gasteiger partial charge in [0.15, 0.2) is 0 Å². The maximum atomic E-state index is 10.1. The molecule has 0 aliphatic carbocycles. The Labute approximate surface area is 62.2 Å². The molecule has 0 saturated carbocycles. The second kappa shape index (κ2) is 6.71. The molecule has 0 bridgehead atoms. The first-order chi connectivity index (χ1) is 4.85. The first kappa shape index (κ1) is 9.59. The normalized spacial score (nSPS) is 10.3. The number of hydrogen-bond acceptors (Lipinski definition) is 3. The molecule has 0 aliphatic heterocycles. The van der Waals surface area contributed by atoms with Crippen molar-refractivity contribution in [1.29, 1.82) is 0 Å². The number of carbonyl (C=O) groups excluding carboxylic acids is 1. The molecule has 0 rings (SSSR count). The molecule has 0 aliphatic rings. The van der Waals surface area contributed by atoms with Crippen molar-refractivity contribution in [3.63, 3.8) is 0 Å². The number of nitrogens with zero attached hydrogens (tertiary/aromatic N) is 1. The van der Waals surface area contributed by atoms with Gasteiger partial charge >= 0.3 is 0 Å². The number of rotatable bonds is 6. The molecule has 0 atom stereocenters. The first-order valence-electron chi connectivity index (χ1n) is 3.71. The number of hydrogen-bond donors (Lipinski definition) is 1. The summed E-state index contributed by atoms with van der Waals surface area (Å²) >= 11 is 0. The van der Waals surface area contributed by atoms with Gasteiger partial charge in [-0.05, 0) is 13.0 Å². The first-order valence-corrected chi connectivity index (χ1v) is 3.71. The van der Waals surface area contributed by atoms with Crippen molar-refractivity contribution < 1.29 is 4.79 Å². The summed E-state index contributed by atoms with van der Waals surface area (Å²) in [6, 6.07) is 0. The molecule has 0 amide bonds. The fraction of sp³-hybridized carbons (Fsp3) is 0.857. The van der Waals surface area contributed by atoms with Crippen molar-refractivity contribution in [1.82, 2.24) is 4.90 Å². The van der Waals surface area contributed by atoms with Crippen LogP contribution in [0, 0.1) is 0 Å². The van der Waals surface area contributed by atoms with E-state index in [1.54, 1.807) is 0 Å². The molecule has 0 saturated heterocycles. The van der Waals surface area contributed by atoms with Gasteiger partial charge in [0, 0.05) is 13.1 Å². The van der Waals surface area contributed by atoms with Gasteiger partial charge in [-0.1, -0.05) is 6.92 Å². The molecule has 3 nitrogen and oxygen atoms in total.